The minimum absolute atomic E-state index is 0.0580. The van der Waals surface area contributed by atoms with Crippen molar-refractivity contribution in [3.63, 3.8) is 0 Å². The summed E-state index contributed by atoms with van der Waals surface area (Å²) in [6, 6.07) is 2.12. The highest BCUT2D eigenvalue weighted by atomic mass is 32.1. The van der Waals surface area contributed by atoms with Crippen molar-refractivity contribution in [2.75, 3.05) is 44.3 Å². The molecular formula is C19H22F3N5O4S. The van der Waals surface area contributed by atoms with Crippen LogP contribution in [0.5, 0.6) is 6.01 Å². The van der Waals surface area contributed by atoms with Gasteiger partial charge in [0, 0.05) is 31.1 Å². The molecular weight excluding hydrogens is 451 g/mol. The number of ether oxygens (including phenoxy) is 1. The van der Waals surface area contributed by atoms with Gasteiger partial charge in [0.15, 0.2) is 0 Å². The SMILES string of the molecule is CCc1cc2c(N3CCN(C(=O)CC(F)(F)F)CC3)nc(OC[C@@H]3CONC3=O)nc2s1. The quantitative estimate of drug-likeness (QED) is 0.685. The number of aromatic nitrogens is 2. The monoisotopic (exact) mass is 473 g/mol. The molecule has 0 radical (unpaired) electrons. The van der Waals surface area contributed by atoms with Crippen LogP contribution in [0.25, 0.3) is 10.2 Å². The first-order valence-electron chi connectivity index (χ1n) is 10.2. The minimum Gasteiger partial charge on any atom is -0.462 e. The summed E-state index contributed by atoms with van der Waals surface area (Å²) in [5.41, 5.74) is 2.27. The standard InChI is InChI=1S/C19H22F3N5O4S/c1-2-12-7-13-15(27-5-3-26(4-6-27)14(28)8-19(20,21)22)23-18(24-17(13)32-12)30-9-11-10-31-25-16(11)29/h7,11H,2-6,8-10H2,1H3,(H,25,29)/t11-/m1/s1. The molecule has 1 atom stereocenters. The highest BCUT2D eigenvalue weighted by Crippen LogP contribution is 2.33. The molecule has 9 nitrogen and oxygen atoms in total. The first kappa shape index (κ1) is 22.5. The van der Waals surface area contributed by atoms with Crippen LogP contribution in [-0.2, 0) is 20.8 Å². The van der Waals surface area contributed by atoms with Gasteiger partial charge in [0.25, 0.3) is 5.91 Å². The Kier molecular flexibility index (Phi) is 6.38. The van der Waals surface area contributed by atoms with Gasteiger partial charge < -0.3 is 14.5 Å². The number of halogens is 3. The fourth-order valence-electron chi connectivity index (χ4n) is 3.54. The number of rotatable bonds is 6. The summed E-state index contributed by atoms with van der Waals surface area (Å²) in [5.74, 6) is -1.04. The molecule has 2 aliphatic rings. The van der Waals surface area contributed by atoms with Gasteiger partial charge in [-0.15, -0.1) is 11.3 Å². The number of alkyl halides is 3. The van der Waals surface area contributed by atoms with Crippen molar-refractivity contribution in [2.24, 2.45) is 5.92 Å². The zero-order chi connectivity index (χ0) is 22.9. The number of nitrogens with one attached hydrogen (secondary N) is 1. The van der Waals surface area contributed by atoms with Gasteiger partial charge in [-0.25, -0.2) is 5.48 Å². The molecule has 4 heterocycles. The van der Waals surface area contributed by atoms with Gasteiger partial charge in [0.05, 0.1) is 12.0 Å². The highest BCUT2D eigenvalue weighted by Gasteiger charge is 2.35. The molecule has 2 amide bonds. The first-order valence-corrected chi connectivity index (χ1v) is 11.0. The molecule has 0 spiro atoms. The molecule has 13 heteroatoms. The van der Waals surface area contributed by atoms with Crippen LogP contribution in [0, 0.1) is 5.92 Å². The summed E-state index contributed by atoms with van der Waals surface area (Å²) in [6.07, 6.45) is -5.16. The number of hydrogen-bond donors (Lipinski definition) is 1. The number of carbonyl (C=O) groups is 2. The molecule has 174 valence electrons. The molecule has 0 bridgehead atoms. The lowest BCUT2D eigenvalue weighted by Crippen LogP contribution is -2.49. The molecule has 2 saturated heterocycles. The van der Waals surface area contributed by atoms with E-state index in [1.165, 1.54) is 16.2 Å². The van der Waals surface area contributed by atoms with E-state index in [-0.39, 0.29) is 38.2 Å². The maximum atomic E-state index is 12.5. The maximum Gasteiger partial charge on any atom is 0.397 e. The van der Waals surface area contributed by atoms with E-state index in [1.54, 1.807) is 0 Å². The Morgan fingerprint density at radius 2 is 2.06 bits per heavy atom. The molecule has 32 heavy (non-hydrogen) atoms. The Morgan fingerprint density at radius 3 is 2.69 bits per heavy atom. The number of hydroxylamine groups is 1. The molecule has 0 aliphatic carbocycles. The number of piperazine rings is 1. The second-order valence-corrected chi connectivity index (χ2v) is 8.68. The Labute approximate surface area is 185 Å². The average molecular weight is 473 g/mol. The van der Waals surface area contributed by atoms with Gasteiger partial charge in [-0.2, -0.15) is 23.1 Å². The molecule has 1 N–H and O–H groups in total. The van der Waals surface area contributed by atoms with Crippen molar-refractivity contribution in [3.05, 3.63) is 10.9 Å². The topological polar surface area (TPSA) is 96.9 Å². The van der Waals surface area contributed by atoms with Crippen LogP contribution >= 0.6 is 11.3 Å². The predicted molar refractivity (Wildman–Crippen MR) is 109 cm³/mol. The van der Waals surface area contributed by atoms with Crippen molar-refractivity contribution in [3.8, 4) is 6.01 Å². The number of amides is 2. The highest BCUT2D eigenvalue weighted by molar-refractivity contribution is 7.18. The molecule has 2 aliphatic heterocycles. The molecule has 0 unspecified atom stereocenters. The van der Waals surface area contributed by atoms with Gasteiger partial charge in [-0.1, -0.05) is 6.92 Å². The zero-order valence-corrected chi connectivity index (χ0v) is 18.1. The van der Waals surface area contributed by atoms with Gasteiger partial charge in [0.2, 0.25) is 5.91 Å². The lowest BCUT2D eigenvalue weighted by atomic mass is 10.2. The molecule has 0 aromatic carbocycles. The normalized spacial score (nSPS) is 19.5. The number of nitrogens with zero attached hydrogens (tertiary/aromatic N) is 4. The Morgan fingerprint density at radius 1 is 1.31 bits per heavy atom. The van der Waals surface area contributed by atoms with E-state index in [4.69, 9.17) is 9.57 Å². The van der Waals surface area contributed by atoms with E-state index >= 15 is 0 Å². The molecule has 2 aromatic heterocycles. The number of hydrogen-bond acceptors (Lipinski definition) is 8. The third kappa shape index (κ3) is 5.04. The second-order valence-electron chi connectivity index (χ2n) is 7.56. The summed E-state index contributed by atoms with van der Waals surface area (Å²) in [7, 11) is 0. The summed E-state index contributed by atoms with van der Waals surface area (Å²) < 4.78 is 43.3. The van der Waals surface area contributed by atoms with Crippen LogP contribution in [0.2, 0.25) is 0 Å². The van der Waals surface area contributed by atoms with Crippen molar-refractivity contribution in [1.82, 2.24) is 20.3 Å². The van der Waals surface area contributed by atoms with Crippen LogP contribution in [-0.4, -0.2) is 72.3 Å². The van der Waals surface area contributed by atoms with E-state index in [0.717, 1.165) is 21.5 Å². The fourth-order valence-corrected chi connectivity index (χ4v) is 4.49. The number of fused-ring (bicyclic) bond motifs is 1. The second kappa shape index (κ2) is 9.06. The van der Waals surface area contributed by atoms with E-state index in [0.29, 0.717) is 18.9 Å². The lowest BCUT2D eigenvalue weighted by Gasteiger charge is -2.35. The summed E-state index contributed by atoms with van der Waals surface area (Å²) in [5, 5.41) is 0.830. The van der Waals surface area contributed by atoms with Crippen LogP contribution in [0.15, 0.2) is 6.07 Å². The van der Waals surface area contributed by atoms with Crippen LogP contribution in [0.4, 0.5) is 19.0 Å². The van der Waals surface area contributed by atoms with Gasteiger partial charge >= 0.3 is 12.2 Å². The lowest BCUT2D eigenvalue weighted by molar-refractivity contribution is -0.161. The smallest absolute Gasteiger partial charge is 0.397 e. The van der Waals surface area contributed by atoms with Crippen molar-refractivity contribution >= 4 is 39.2 Å². The maximum absolute atomic E-state index is 12.5. The zero-order valence-electron chi connectivity index (χ0n) is 17.3. The molecule has 2 fully saturated rings. The Bertz CT molecular complexity index is 1010. The molecule has 2 aromatic rings. The first-order chi connectivity index (χ1) is 15.2. The number of anilines is 1. The Balaban J connectivity index is 1.51. The summed E-state index contributed by atoms with van der Waals surface area (Å²) in [4.78, 5) is 42.4. The number of thiophene rings is 1. The average Bonchev–Trinajstić information content (AvgIpc) is 3.36. The van der Waals surface area contributed by atoms with Gasteiger partial charge in [-0.05, 0) is 12.5 Å². The molecule has 4 rings (SSSR count). The Hall–Kier alpha value is -2.67. The predicted octanol–water partition coefficient (Wildman–Crippen LogP) is 1.91. The third-order valence-corrected chi connectivity index (χ3v) is 6.45. The fraction of sp³-hybridized carbons (Fsp3) is 0.579. The summed E-state index contributed by atoms with van der Waals surface area (Å²) >= 11 is 1.51. The van der Waals surface area contributed by atoms with Crippen LogP contribution in [0.1, 0.15) is 18.2 Å². The summed E-state index contributed by atoms with van der Waals surface area (Å²) in [6.45, 7) is 3.29. The van der Waals surface area contributed by atoms with Crippen LogP contribution in [0.3, 0.4) is 0 Å². The van der Waals surface area contributed by atoms with E-state index in [2.05, 4.69) is 15.4 Å². The van der Waals surface area contributed by atoms with Crippen molar-refractivity contribution < 1.29 is 32.3 Å². The van der Waals surface area contributed by atoms with Gasteiger partial charge in [0.1, 0.15) is 29.6 Å². The van der Waals surface area contributed by atoms with Crippen molar-refractivity contribution in [2.45, 2.75) is 25.9 Å². The third-order valence-electron chi connectivity index (χ3n) is 5.28. The van der Waals surface area contributed by atoms with E-state index in [9.17, 15) is 22.8 Å². The van der Waals surface area contributed by atoms with E-state index in [1.807, 2.05) is 17.9 Å². The largest absolute Gasteiger partial charge is 0.462 e. The van der Waals surface area contributed by atoms with Crippen LogP contribution < -0.4 is 15.1 Å². The molecule has 0 saturated carbocycles. The van der Waals surface area contributed by atoms with Crippen molar-refractivity contribution in [1.29, 1.82) is 0 Å². The van der Waals surface area contributed by atoms with Gasteiger partial charge in [-0.3, -0.25) is 14.4 Å². The number of aryl methyl sites for hydroxylation is 1. The minimum atomic E-state index is -4.52. The number of carbonyl (C=O) groups excluding carboxylic acids is 2. The van der Waals surface area contributed by atoms with E-state index < -0.39 is 24.4 Å².